The first-order valence-electron chi connectivity index (χ1n) is 11.0. The van der Waals surface area contributed by atoms with Gasteiger partial charge in [-0.15, -0.1) is 0 Å². The second-order valence-corrected chi connectivity index (χ2v) is 7.99. The fourth-order valence-corrected chi connectivity index (χ4v) is 4.43. The van der Waals surface area contributed by atoms with Gasteiger partial charge in [0.2, 0.25) is 0 Å². The normalized spacial score (nSPS) is 21.4. The van der Waals surface area contributed by atoms with Gasteiger partial charge in [0.1, 0.15) is 0 Å². The van der Waals surface area contributed by atoms with Crippen LogP contribution >= 0.6 is 0 Å². The molecule has 0 aromatic heterocycles. The van der Waals surface area contributed by atoms with Crippen LogP contribution in [0.1, 0.15) is 46.0 Å². The topological polar surface area (TPSA) is 49.3 Å². The minimum absolute atomic E-state index is 0.546. The summed E-state index contributed by atoms with van der Waals surface area (Å²) in [7, 11) is 4.06. The molecule has 0 aromatic rings. The van der Waals surface area contributed by atoms with Crippen molar-refractivity contribution in [2.24, 2.45) is 16.8 Å². The van der Waals surface area contributed by atoms with Crippen LogP contribution < -0.4 is 5.32 Å². The molecule has 0 amide bonds. The lowest BCUT2D eigenvalue weighted by Crippen LogP contribution is -2.53. The monoisotopic (exact) mass is 382 g/mol. The summed E-state index contributed by atoms with van der Waals surface area (Å²) in [5.41, 5.74) is 0. The number of nitrogens with one attached hydrogen (secondary N) is 1. The molecule has 2 rings (SSSR count). The molecule has 1 atom stereocenters. The van der Waals surface area contributed by atoms with Gasteiger partial charge in [-0.1, -0.05) is 26.7 Å². The molecule has 158 valence electrons. The van der Waals surface area contributed by atoms with Gasteiger partial charge in [-0.25, -0.2) is 0 Å². The first-order valence-corrected chi connectivity index (χ1v) is 11.0. The Labute approximate surface area is 166 Å². The Balaban J connectivity index is 1.85. The van der Waals surface area contributed by atoms with Gasteiger partial charge in [-0.2, -0.15) is 0 Å². The van der Waals surface area contributed by atoms with E-state index in [2.05, 4.69) is 41.0 Å². The Kier molecular flexibility index (Phi) is 10.5. The Morgan fingerprint density at radius 2 is 1.74 bits per heavy atom. The fraction of sp³-hybridized carbons (Fsp3) is 0.952. The first-order chi connectivity index (χ1) is 13.2. The highest BCUT2D eigenvalue weighted by Crippen LogP contribution is 2.20. The van der Waals surface area contributed by atoms with Crippen LogP contribution in [0.3, 0.4) is 0 Å². The summed E-state index contributed by atoms with van der Waals surface area (Å²) in [4.78, 5) is 9.45. The molecule has 2 heterocycles. The van der Waals surface area contributed by atoms with E-state index in [-0.39, 0.29) is 0 Å². The summed E-state index contributed by atoms with van der Waals surface area (Å²) in [6, 6.07) is 0.546. The van der Waals surface area contributed by atoms with Crippen molar-refractivity contribution in [3.05, 3.63) is 0 Å². The van der Waals surface area contributed by atoms with Crippen LogP contribution in [-0.4, -0.2) is 88.5 Å². The van der Waals surface area contributed by atoms with Gasteiger partial charge in [0, 0.05) is 59.5 Å². The molecule has 0 saturated carbocycles. The number of ether oxygens (including phenoxy) is 2. The predicted molar refractivity (Wildman–Crippen MR) is 112 cm³/mol. The minimum Gasteiger partial charge on any atom is -0.381 e. The molecular formula is C21H42N4O2. The lowest BCUT2D eigenvalue weighted by Gasteiger charge is -2.39. The molecular weight excluding hydrogens is 340 g/mol. The maximum atomic E-state index is 5.57. The highest BCUT2D eigenvalue weighted by Gasteiger charge is 2.27. The first kappa shape index (κ1) is 22.4. The standard InChI is InChI=1S/C21H42N4O2/c1-5-19(6-2)20(25-11-15-27-16-12-25)17-23-21(22-3)24(4)10-7-18-8-13-26-14-9-18/h18-20H,5-17H2,1-4H3,(H,22,23). The Morgan fingerprint density at radius 3 is 2.33 bits per heavy atom. The van der Waals surface area contributed by atoms with Gasteiger partial charge in [0.15, 0.2) is 5.96 Å². The molecule has 6 nitrogen and oxygen atoms in total. The van der Waals surface area contributed by atoms with Crippen LogP contribution in [0.2, 0.25) is 0 Å². The van der Waals surface area contributed by atoms with E-state index in [9.17, 15) is 0 Å². The molecule has 1 N–H and O–H groups in total. The van der Waals surface area contributed by atoms with Crippen molar-refractivity contribution < 1.29 is 9.47 Å². The fourth-order valence-electron chi connectivity index (χ4n) is 4.43. The van der Waals surface area contributed by atoms with Gasteiger partial charge >= 0.3 is 0 Å². The van der Waals surface area contributed by atoms with Crippen LogP contribution in [-0.2, 0) is 9.47 Å². The van der Waals surface area contributed by atoms with Crippen molar-refractivity contribution in [2.75, 3.05) is 66.7 Å². The average Bonchev–Trinajstić information content (AvgIpc) is 2.73. The highest BCUT2D eigenvalue weighted by molar-refractivity contribution is 5.79. The highest BCUT2D eigenvalue weighted by atomic mass is 16.5. The maximum Gasteiger partial charge on any atom is 0.193 e. The number of nitrogens with zero attached hydrogens (tertiary/aromatic N) is 3. The third-order valence-corrected chi connectivity index (χ3v) is 6.36. The van der Waals surface area contributed by atoms with Crippen LogP contribution in [0, 0.1) is 11.8 Å². The van der Waals surface area contributed by atoms with Crippen LogP contribution in [0.5, 0.6) is 0 Å². The van der Waals surface area contributed by atoms with Crippen LogP contribution in [0.4, 0.5) is 0 Å². The zero-order chi connectivity index (χ0) is 19.5. The minimum atomic E-state index is 0.546. The van der Waals surface area contributed by atoms with E-state index < -0.39 is 0 Å². The molecule has 0 bridgehead atoms. The van der Waals surface area contributed by atoms with Crippen LogP contribution in [0.25, 0.3) is 0 Å². The second-order valence-electron chi connectivity index (χ2n) is 7.99. The van der Waals surface area contributed by atoms with Gasteiger partial charge in [-0.05, 0) is 31.1 Å². The zero-order valence-electron chi connectivity index (χ0n) is 18.1. The molecule has 2 saturated heterocycles. The van der Waals surface area contributed by atoms with Gasteiger partial charge < -0.3 is 19.7 Å². The molecule has 0 aromatic carbocycles. The Hall–Kier alpha value is -0.850. The summed E-state index contributed by atoms with van der Waals surface area (Å²) in [5.74, 6) is 2.53. The average molecular weight is 383 g/mol. The van der Waals surface area contributed by atoms with E-state index in [4.69, 9.17) is 9.47 Å². The van der Waals surface area contributed by atoms with E-state index >= 15 is 0 Å². The number of aliphatic imine (C=N–C) groups is 1. The van der Waals surface area contributed by atoms with Crippen molar-refractivity contribution >= 4 is 5.96 Å². The molecule has 1 unspecified atom stereocenters. The molecule has 0 radical (unpaired) electrons. The van der Waals surface area contributed by atoms with Gasteiger partial charge in [0.05, 0.1) is 13.2 Å². The van der Waals surface area contributed by atoms with E-state index in [1.165, 1.54) is 32.1 Å². The molecule has 6 heteroatoms. The number of hydrogen-bond acceptors (Lipinski definition) is 4. The van der Waals surface area contributed by atoms with Crippen molar-refractivity contribution in [3.8, 4) is 0 Å². The predicted octanol–water partition coefficient (Wildman–Crippen LogP) is 2.45. The van der Waals surface area contributed by atoms with Crippen molar-refractivity contribution in [1.82, 2.24) is 15.1 Å². The SMILES string of the molecule is CCC(CC)C(CNC(=NC)N(C)CCC1CCOCC1)N1CCOCC1. The zero-order valence-corrected chi connectivity index (χ0v) is 18.1. The van der Waals surface area contributed by atoms with Crippen LogP contribution in [0.15, 0.2) is 4.99 Å². The molecule has 0 aliphatic carbocycles. The number of guanidine groups is 1. The van der Waals surface area contributed by atoms with Crippen molar-refractivity contribution in [2.45, 2.75) is 52.0 Å². The third kappa shape index (κ3) is 7.24. The molecule has 2 aliphatic heterocycles. The number of hydrogen-bond donors (Lipinski definition) is 1. The largest absolute Gasteiger partial charge is 0.381 e. The molecule has 2 fully saturated rings. The van der Waals surface area contributed by atoms with Gasteiger partial charge in [0.25, 0.3) is 0 Å². The summed E-state index contributed by atoms with van der Waals surface area (Å²) >= 11 is 0. The number of morpholine rings is 1. The van der Waals surface area contributed by atoms with E-state index in [1.807, 2.05) is 7.05 Å². The quantitative estimate of drug-likeness (QED) is 0.490. The van der Waals surface area contributed by atoms with E-state index in [0.717, 1.165) is 64.5 Å². The lowest BCUT2D eigenvalue weighted by atomic mass is 9.92. The molecule has 2 aliphatic rings. The van der Waals surface area contributed by atoms with Crippen molar-refractivity contribution in [3.63, 3.8) is 0 Å². The van der Waals surface area contributed by atoms with Crippen molar-refractivity contribution in [1.29, 1.82) is 0 Å². The second kappa shape index (κ2) is 12.6. The van der Waals surface area contributed by atoms with E-state index in [1.54, 1.807) is 0 Å². The maximum absolute atomic E-state index is 5.57. The molecule has 0 spiro atoms. The summed E-state index contributed by atoms with van der Waals surface area (Å²) in [5, 5.41) is 3.67. The summed E-state index contributed by atoms with van der Waals surface area (Å²) in [6.45, 7) is 12.3. The van der Waals surface area contributed by atoms with E-state index in [0.29, 0.717) is 12.0 Å². The Morgan fingerprint density at radius 1 is 1.11 bits per heavy atom. The summed E-state index contributed by atoms with van der Waals surface area (Å²) < 4.78 is 11.0. The molecule has 27 heavy (non-hydrogen) atoms. The Bertz CT molecular complexity index is 416. The lowest BCUT2D eigenvalue weighted by molar-refractivity contribution is 0.00260. The smallest absolute Gasteiger partial charge is 0.193 e. The third-order valence-electron chi connectivity index (χ3n) is 6.36. The number of rotatable bonds is 9. The van der Waals surface area contributed by atoms with Gasteiger partial charge in [-0.3, -0.25) is 9.89 Å². The summed E-state index contributed by atoms with van der Waals surface area (Å²) in [6.07, 6.45) is 6.07.